The van der Waals surface area contributed by atoms with Crippen molar-refractivity contribution < 1.29 is 17.0 Å². The summed E-state index contributed by atoms with van der Waals surface area (Å²) in [6.07, 6.45) is 2.28. The summed E-state index contributed by atoms with van der Waals surface area (Å²) in [5.41, 5.74) is 5.57. The van der Waals surface area contributed by atoms with Crippen molar-refractivity contribution >= 4 is 17.7 Å². The van der Waals surface area contributed by atoms with Gasteiger partial charge in [-0.05, 0) is 24.0 Å². The standard InChI is InChI=1S/C21H27N2.ClH/c1-16(2)19-11-8-12-20(17(3)4)21(19)23-14-13-22(15-23)18-9-6-5-7-10-18;/h5-12,15-17H,13-14H2,1-4H3;1H/q+1;/p-1. The highest BCUT2D eigenvalue weighted by Gasteiger charge is 2.27. The Bertz CT molecular complexity index is 679. The van der Waals surface area contributed by atoms with Crippen molar-refractivity contribution in [2.24, 2.45) is 0 Å². The molecule has 2 aromatic carbocycles. The SMILES string of the molecule is CC(C)c1cccc(C(C)C)c1[N+]1=CN(c2ccccc2)CC1.[Cl-]. The van der Waals surface area contributed by atoms with Crippen LogP contribution in [0, 0.1) is 0 Å². The summed E-state index contributed by atoms with van der Waals surface area (Å²) in [7, 11) is 0. The van der Waals surface area contributed by atoms with Gasteiger partial charge in [-0.25, -0.2) is 9.48 Å². The Balaban J connectivity index is 0.00000208. The smallest absolute Gasteiger partial charge is 0.244 e. The molecule has 3 heteroatoms. The molecule has 0 spiro atoms. The molecule has 0 amide bonds. The lowest BCUT2D eigenvalue weighted by atomic mass is 9.92. The number of hydrogen-bond donors (Lipinski definition) is 0. The third-order valence-electron chi connectivity index (χ3n) is 4.58. The number of benzene rings is 2. The van der Waals surface area contributed by atoms with E-state index in [2.05, 4.69) is 92.0 Å². The van der Waals surface area contributed by atoms with Gasteiger partial charge in [0.1, 0.15) is 24.5 Å². The molecule has 3 rings (SSSR count). The molecule has 0 saturated carbocycles. The maximum Gasteiger partial charge on any atom is 0.244 e. The fourth-order valence-corrected chi connectivity index (χ4v) is 3.33. The van der Waals surface area contributed by atoms with Gasteiger partial charge in [0.2, 0.25) is 6.34 Å². The first-order chi connectivity index (χ1) is 11.1. The molecule has 0 bridgehead atoms. The normalized spacial score (nSPS) is 14.1. The number of halogens is 1. The molecule has 0 N–H and O–H groups in total. The van der Waals surface area contributed by atoms with Crippen LogP contribution in [0.25, 0.3) is 0 Å². The maximum atomic E-state index is 2.44. The minimum Gasteiger partial charge on any atom is -1.00 e. The summed E-state index contributed by atoms with van der Waals surface area (Å²) in [6.45, 7) is 11.2. The number of anilines is 1. The molecular weight excluding hydrogens is 316 g/mol. The molecule has 128 valence electrons. The topological polar surface area (TPSA) is 6.25 Å². The van der Waals surface area contributed by atoms with Crippen LogP contribution >= 0.6 is 0 Å². The molecule has 1 heterocycles. The molecule has 0 saturated heterocycles. The highest BCUT2D eigenvalue weighted by atomic mass is 35.5. The average Bonchev–Trinajstić information content (AvgIpc) is 3.04. The van der Waals surface area contributed by atoms with E-state index in [1.165, 1.54) is 22.5 Å². The third kappa shape index (κ3) is 3.64. The van der Waals surface area contributed by atoms with E-state index in [0.29, 0.717) is 11.8 Å². The van der Waals surface area contributed by atoms with Gasteiger partial charge in [-0.15, -0.1) is 0 Å². The van der Waals surface area contributed by atoms with Gasteiger partial charge in [0, 0.05) is 11.1 Å². The van der Waals surface area contributed by atoms with Gasteiger partial charge >= 0.3 is 0 Å². The van der Waals surface area contributed by atoms with Gasteiger partial charge in [0.25, 0.3) is 0 Å². The minimum absolute atomic E-state index is 0. The van der Waals surface area contributed by atoms with E-state index in [9.17, 15) is 0 Å². The molecule has 0 unspecified atom stereocenters. The monoisotopic (exact) mass is 342 g/mol. The predicted octanol–water partition coefficient (Wildman–Crippen LogP) is 2.13. The molecule has 2 aromatic rings. The quantitative estimate of drug-likeness (QED) is 0.771. The van der Waals surface area contributed by atoms with E-state index in [4.69, 9.17) is 0 Å². The highest BCUT2D eigenvalue weighted by Crippen LogP contribution is 2.35. The summed E-state index contributed by atoms with van der Waals surface area (Å²) < 4.78 is 2.44. The highest BCUT2D eigenvalue weighted by molar-refractivity contribution is 5.78. The zero-order valence-electron chi connectivity index (χ0n) is 15.0. The molecule has 0 fully saturated rings. The summed E-state index contributed by atoms with van der Waals surface area (Å²) >= 11 is 0. The van der Waals surface area contributed by atoms with Gasteiger partial charge < -0.3 is 12.4 Å². The van der Waals surface area contributed by atoms with Crippen LogP contribution in [-0.2, 0) is 0 Å². The van der Waals surface area contributed by atoms with Crippen LogP contribution in [0.4, 0.5) is 11.4 Å². The Morgan fingerprint density at radius 3 is 1.96 bits per heavy atom. The third-order valence-corrected chi connectivity index (χ3v) is 4.58. The van der Waals surface area contributed by atoms with Crippen molar-refractivity contribution in [1.29, 1.82) is 0 Å². The molecule has 0 atom stereocenters. The van der Waals surface area contributed by atoms with Crippen LogP contribution in [0.3, 0.4) is 0 Å². The van der Waals surface area contributed by atoms with Crippen molar-refractivity contribution in [2.45, 2.75) is 39.5 Å². The lowest BCUT2D eigenvalue weighted by Crippen LogP contribution is -3.00. The molecule has 1 aliphatic heterocycles. The van der Waals surface area contributed by atoms with Crippen molar-refractivity contribution in [1.82, 2.24) is 0 Å². The molecule has 24 heavy (non-hydrogen) atoms. The van der Waals surface area contributed by atoms with E-state index in [1.807, 2.05) is 0 Å². The van der Waals surface area contributed by atoms with E-state index < -0.39 is 0 Å². The van der Waals surface area contributed by atoms with Gasteiger partial charge in [-0.2, -0.15) is 0 Å². The Kier molecular flexibility index (Phi) is 6.06. The van der Waals surface area contributed by atoms with Crippen molar-refractivity contribution in [3.05, 3.63) is 59.7 Å². The minimum atomic E-state index is 0. The second-order valence-corrected chi connectivity index (χ2v) is 6.93. The molecule has 2 nitrogen and oxygen atoms in total. The van der Waals surface area contributed by atoms with Crippen molar-refractivity contribution in [3.63, 3.8) is 0 Å². The van der Waals surface area contributed by atoms with Gasteiger partial charge in [-0.1, -0.05) is 64.1 Å². The lowest BCUT2D eigenvalue weighted by Gasteiger charge is -2.17. The Morgan fingerprint density at radius 1 is 0.833 bits per heavy atom. The number of para-hydroxylation sites is 2. The maximum absolute atomic E-state index is 2.44. The van der Waals surface area contributed by atoms with Gasteiger partial charge in [-0.3, -0.25) is 0 Å². The zero-order chi connectivity index (χ0) is 16.4. The van der Waals surface area contributed by atoms with Crippen LogP contribution in [0.2, 0.25) is 0 Å². The molecule has 0 aliphatic carbocycles. The number of rotatable bonds is 4. The summed E-state index contributed by atoms with van der Waals surface area (Å²) in [6, 6.07) is 17.4. The lowest BCUT2D eigenvalue weighted by molar-refractivity contribution is -0.425. The first-order valence-electron chi connectivity index (χ1n) is 8.64. The Morgan fingerprint density at radius 2 is 1.42 bits per heavy atom. The second kappa shape index (κ2) is 7.85. The van der Waals surface area contributed by atoms with E-state index in [0.717, 1.165) is 13.1 Å². The van der Waals surface area contributed by atoms with Crippen LogP contribution in [0.5, 0.6) is 0 Å². The molecule has 1 aliphatic rings. The summed E-state index contributed by atoms with van der Waals surface area (Å²) in [4.78, 5) is 2.35. The van der Waals surface area contributed by atoms with Crippen LogP contribution in [0.1, 0.15) is 50.7 Å². The van der Waals surface area contributed by atoms with Crippen LogP contribution in [-0.4, -0.2) is 24.0 Å². The first kappa shape index (κ1) is 18.5. The Hall–Kier alpha value is -1.80. The Labute approximate surface area is 152 Å². The summed E-state index contributed by atoms with van der Waals surface area (Å²) in [5.74, 6) is 1.06. The van der Waals surface area contributed by atoms with Crippen molar-refractivity contribution in [3.8, 4) is 0 Å². The van der Waals surface area contributed by atoms with Crippen LogP contribution < -0.4 is 17.3 Å². The first-order valence-corrected chi connectivity index (χ1v) is 8.64. The van der Waals surface area contributed by atoms with E-state index in [-0.39, 0.29) is 12.4 Å². The van der Waals surface area contributed by atoms with Gasteiger partial charge in [0.15, 0.2) is 0 Å². The second-order valence-electron chi connectivity index (χ2n) is 6.93. The molecular formula is C21H27ClN2. The predicted molar refractivity (Wildman–Crippen MR) is 99.3 cm³/mol. The molecule has 0 radical (unpaired) electrons. The van der Waals surface area contributed by atoms with Gasteiger partial charge in [0.05, 0.1) is 0 Å². The summed E-state index contributed by atoms with van der Waals surface area (Å²) in [5, 5.41) is 0. The molecule has 0 aromatic heterocycles. The fourth-order valence-electron chi connectivity index (χ4n) is 3.33. The van der Waals surface area contributed by atoms with E-state index >= 15 is 0 Å². The average molecular weight is 343 g/mol. The zero-order valence-corrected chi connectivity index (χ0v) is 15.8. The van der Waals surface area contributed by atoms with Crippen molar-refractivity contribution in [2.75, 3.05) is 18.0 Å². The number of nitrogens with zero attached hydrogens (tertiary/aromatic N) is 2. The largest absolute Gasteiger partial charge is 1.00 e. The number of hydrogen-bond acceptors (Lipinski definition) is 1. The fraction of sp³-hybridized carbons (Fsp3) is 0.381. The van der Waals surface area contributed by atoms with Crippen LogP contribution in [0.15, 0.2) is 48.5 Å². The van der Waals surface area contributed by atoms with E-state index in [1.54, 1.807) is 0 Å².